The number of rotatable bonds is 4. The van der Waals surface area contributed by atoms with Gasteiger partial charge in [-0.3, -0.25) is 4.79 Å². The van der Waals surface area contributed by atoms with Gasteiger partial charge in [0.25, 0.3) is 5.56 Å². The summed E-state index contributed by atoms with van der Waals surface area (Å²) >= 11 is 3.38. The Morgan fingerprint density at radius 2 is 2.16 bits per heavy atom. The summed E-state index contributed by atoms with van der Waals surface area (Å²) in [6, 6.07) is 0.0489. The first-order valence-electron chi connectivity index (χ1n) is 6.75. The number of hydrogen-bond donors (Lipinski definition) is 2. The van der Waals surface area contributed by atoms with E-state index in [4.69, 9.17) is 5.73 Å². The molecule has 1 aromatic heterocycles. The van der Waals surface area contributed by atoms with Gasteiger partial charge in [0.1, 0.15) is 4.47 Å². The minimum atomic E-state index is -0.106. The number of nitrogens with one attached hydrogen (secondary N) is 1. The molecule has 1 aromatic rings. The van der Waals surface area contributed by atoms with Crippen LogP contribution in [0.15, 0.2) is 15.5 Å². The summed E-state index contributed by atoms with van der Waals surface area (Å²) in [7, 11) is 0. The molecule has 0 amide bonds. The van der Waals surface area contributed by atoms with Crippen LogP contribution in [0.4, 0.5) is 5.69 Å². The average molecular weight is 329 g/mol. The molecule has 0 aliphatic heterocycles. The molecular formula is C13H21BrN4O. The molecule has 1 fully saturated rings. The third-order valence-corrected chi connectivity index (χ3v) is 4.55. The van der Waals surface area contributed by atoms with Crippen LogP contribution >= 0.6 is 15.9 Å². The number of anilines is 1. The van der Waals surface area contributed by atoms with Gasteiger partial charge in [-0.1, -0.05) is 12.8 Å². The van der Waals surface area contributed by atoms with Crippen LogP contribution in [0, 0.1) is 0 Å². The van der Waals surface area contributed by atoms with Crippen LogP contribution in [-0.2, 0) is 0 Å². The normalized spacial score (nSPS) is 17.9. The van der Waals surface area contributed by atoms with Gasteiger partial charge in [0.2, 0.25) is 0 Å². The molecule has 19 heavy (non-hydrogen) atoms. The standard InChI is InChI=1S/C13H21BrN4O/c1-9(2)18-12(19)11(14)10(7-16-18)17-13(8-15)5-3-4-6-13/h7,9,17H,3-6,8,15H2,1-2H3. The summed E-state index contributed by atoms with van der Waals surface area (Å²) in [4.78, 5) is 12.2. The van der Waals surface area contributed by atoms with Gasteiger partial charge in [-0.05, 0) is 42.6 Å². The highest BCUT2D eigenvalue weighted by Crippen LogP contribution is 2.33. The quantitative estimate of drug-likeness (QED) is 0.889. The van der Waals surface area contributed by atoms with Crippen molar-refractivity contribution in [3.8, 4) is 0 Å². The summed E-state index contributed by atoms with van der Waals surface area (Å²) in [5.74, 6) is 0. The molecule has 0 unspecified atom stereocenters. The first-order valence-corrected chi connectivity index (χ1v) is 7.54. The molecule has 0 radical (unpaired) electrons. The van der Waals surface area contributed by atoms with Crippen molar-refractivity contribution in [1.82, 2.24) is 9.78 Å². The number of nitrogens with two attached hydrogens (primary N) is 1. The number of nitrogens with zero attached hydrogens (tertiary/aromatic N) is 2. The topological polar surface area (TPSA) is 72.9 Å². The van der Waals surface area contributed by atoms with Gasteiger partial charge < -0.3 is 11.1 Å². The van der Waals surface area contributed by atoms with Crippen LogP contribution in [0.5, 0.6) is 0 Å². The predicted molar refractivity (Wildman–Crippen MR) is 80.5 cm³/mol. The minimum absolute atomic E-state index is 0.0489. The molecular weight excluding hydrogens is 308 g/mol. The molecule has 0 bridgehead atoms. The second-order valence-electron chi connectivity index (χ2n) is 5.53. The van der Waals surface area contributed by atoms with Crippen LogP contribution in [0.25, 0.3) is 0 Å². The maximum Gasteiger partial charge on any atom is 0.283 e. The summed E-state index contributed by atoms with van der Waals surface area (Å²) in [6.07, 6.45) is 6.16. The lowest BCUT2D eigenvalue weighted by molar-refractivity contribution is 0.484. The van der Waals surface area contributed by atoms with Crippen molar-refractivity contribution in [1.29, 1.82) is 0 Å². The smallest absolute Gasteiger partial charge is 0.283 e. The molecule has 6 heteroatoms. The van der Waals surface area contributed by atoms with E-state index in [0.29, 0.717) is 11.0 Å². The fraction of sp³-hybridized carbons (Fsp3) is 0.692. The summed E-state index contributed by atoms with van der Waals surface area (Å²) in [5.41, 5.74) is 6.46. The van der Waals surface area contributed by atoms with Crippen molar-refractivity contribution in [2.45, 2.75) is 51.1 Å². The summed E-state index contributed by atoms with van der Waals surface area (Å²) in [6.45, 7) is 4.45. The monoisotopic (exact) mass is 328 g/mol. The van der Waals surface area contributed by atoms with E-state index in [1.54, 1.807) is 6.20 Å². The Kier molecular flexibility index (Phi) is 4.30. The van der Waals surface area contributed by atoms with E-state index >= 15 is 0 Å². The zero-order chi connectivity index (χ0) is 14.0. The highest BCUT2D eigenvalue weighted by atomic mass is 79.9. The zero-order valence-electron chi connectivity index (χ0n) is 11.4. The van der Waals surface area contributed by atoms with Crippen LogP contribution < -0.4 is 16.6 Å². The molecule has 1 heterocycles. The van der Waals surface area contributed by atoms with Gasteiger partial charge in [-0.25, -0.2) is 4.68 Å². The molecule has 0 spiro atoms. The molecule has 5 nitrogen and oxygen atoms in total. The van der Waals surface area contributed by atoms with Crippen molar-refractivity contribution in [2.75, 3.05) is 11.9 Å². The first-order chi connectivity index (χ1) is 8.99. The molecule has 1 aliphatic carbocycles. The van der Waals surface area contributed by atoms with Gasteiger partial charge >= 0.3 is 0 Å². The maximum absolute atomic E-state index is 12.2. The van der Waals surface area contributed by atoms with E-state index in [2.05, 4.69) is 26.3 Å². The van der Waals surface area contributed by atoms with Crippen molar-refractivity contribution in [3.63, 3.8) is 0 Å². The third kappa shape index (κ3) is 2.84. The average Bonchev–Trinajstić information content (AvgIpc) is 2.84. The molecule has 2 rings (SSSR count). The van der Waals surface area contributed by atoms with Crippen LogP contribution in [0.2, 0.25) is 0 Å². The Balaban J connectivity index is 2.31. The van der Waals surface area contributed by atoms with Gasteiger partial charge in [0, 0.05) is 12.1 Å². The van der Waals surface area contributed by atoms with E-state index in [1.165, 1.54) is 17.5 Å². The van der Waals surface area contributed by atoms with Crippen LogP contribution in [0.1, 0.15) is 45.6 Å². The highest BCUT2D eigenvalue weighted by molar-refractivity contribution is 9.10. The van der Waals surface area contributed by atoms with Crippen molar-refractivity contribution in [2.24, 2.45) is 5.73 Å². The Morgan fingerprint density at radius 3 is 2.68 bits per heavy atom. The van der Waals surface area contributed by atoms with Crippen molar-refractivity contribution < 1.29 is 0 Å². The predicted octanol–water partition coefficient (Wildman–Crippen LogP) is 2.27. The summed E-state index contributed by atoms with van der Waals surface area (Å²) < 4.78 is 2.01. The zero-order valence-corrected chi connectivity index (χ0v) is 13.0. The van der Waals surface area contributed by atoms with Gasteiger partial charge in [0.15, 0.2) is 0 Å². The molecule has 1 aliphatic rings. The van der Waals surface area contributed by atoms with E-state index < -0.39 is 0 Å². The highest BCUT2D eigenvalue weighted by Gasteiger charge is 2.33. The Morgan fingerprint density at radius 1 is 1.53 bits per heavy atom. The maximum atomic E-state index is 12.2. The molecule has 0 aromatic carbocycles. The number of hydrogen-bond acceptors (Lipinski definition) is 4. The molecule has 106 valence electrons. The van der Waals surface area contributed by atoms with E-state index in [9.17, 15) is 4.79 Å². The van der Waals surface area contributed by atoms with Gasteiger partial charge in [-0.15, -0.1) is 0 Å². The fourth-order valence-electron chi connectivity index (χ4n) is 2.62. The van der Waals surface area contributed by atoms with Gasteiger partial charge in [0.05, 0.1) is 17.9 Å². The molecule has 0 atom stereocenters. The number of aromatic nitrogens is 2. The van der Waals surface area contributed by atoms with E-state index in [-0.39, 0.29) is 17.1 Å². The number of halogens is 1. The van der Waals surface area contributed by atoms with Crippen LogP contribution in [-0.4, -0.2) is 21.9 Å². The fourth-order valence-corrected chi connectivity index (χ4v) is 3.00. The third-order valence-electron chi connectivity index (χ3n) is 3.78. The lowest BCUT2D eigenvalue weighted by Gasteiger charge is -2.30. The second kappa shape index (κ2) is 5.63. The lowest BCUT2D eigenvalue weighted by atomic mass is 9.97. The Bertz CT molecular complexity index is 506. The molecule has 1 saturated carbocycles. The minimum Gasteiger partial charge on any atom is -0.376 e. The largest absolute Gasteiger partial charge is 0.376 e. The molecule has 0 saturated heterocycles. The Labute approximate surface area is 121 Å². The first kappa shape index (κ1) is 14.5. The SMILES string of the molecule is CC(C)n1ncc(NC2(CN)CCCC2)c(Br)c1=O. The van der Waals surface area contributed by atoms with E-state index in [1.807, 2.05) is 13.8 Å². The lowest BCUT2D eigenvalue weighted by Crippen LogP contribution is -2.43. The van der Waals surface area contributed by atoms with Crippen molar-refractivity contribution in [3.05, 3.63) is 21.0 Å². The Hall–Kier alpha value is -0.880. The van der Waals surface area contributed by atoms with Crippen LogP contribution in [0.3, 0.4) is 0 Å². The second-order valence-corrected chi connectivity index (χ2v) is 6.33. The van der Waals surface area contributed by atoms with Gasteiger partial charge in [-0.2, -0.15) is 5.10 Å². The molecule has 3 N–H and O–H groups in total. The van der Waals surface area contributed by atoms with E-state index in [0.717, 1.165) is 18.5 Å². The van der Waals surface area contributed by atoms with Crippen molar-refractivity contribution >= 4 is 21.6 Å². The summed E-state index contributed by atoms with van der Waals surface area (Å²) in [5, 5.41) is 7.65.